The number of benzene rings is 1. The Bertz CT molecular complexity index is 409. The molecule has 2 N–H and O–H groups in total. The summed E-state index contributed by atoms with van der Waals surface area (Å²) in [6, 6.07) is 4.68. The number of non-ortho nitro benzene ring substituents is 1. The van der Waals surface area contributed by atoms with Gasteiger partial charge in [-0.15, -0.1) is 0 Å². The summed E-state index contributed by atoms with van der Waals surface area (Å²) in [6.07, 6.45) is 0. The first-order valence-corrected chi connectivity index (χ1v) is 5.30. The molecule has 6 heteroatoms. The van der Waals surface area contributed by atoms with Crippen LogP contribution in [0.4, 0.5) is 17.1 Å². The number of aliphatic hydroxyl groups excluding tert-OH is 1. The van der Waals surface area contributed by atoms with Gasteiger partial charge in [0.25, 0.3) is 5.69 Å². The zero-order valence-corrected chi connectivity index (χ0v) is 10.2. The van der Waals surface area contributed by atoms with Crippen molar-refractivity contribution in [3.8, 4) is 0 Å². The molecule has 0 aliphatic carbocycles. The van der Waals surface area contributed by atoms with Crippen LogP contribution < -0.4 is 10.2 Å². The molecular formula is C11H17N3O3. The molecule has 0 amide bonds. The molecule has 94 valence electrons. The molecule has 1 aromatic rings. The SMILES string of the molecule is CNc1cc(N(C)C(C)CO)cc([N+](=O)[O-])c1. The average molecular weight is 239 g/mol. The number of hydrogen-bond acceptors (Lipinski definition) is 5. The number of nitrogens with one attached hydrogen (secondary N) is 1. The number of anilines is 2. The topological polar surface area (TPSA) is 78.6 Å². The normalized spacial score (nSPS) is 12.0. The summed E-state index contributed by atoms with van der Waals surface area (Å²) in [7, 11) is 3.50. The van der Waals surface area contributed by atoms with Crippen molar-refractivity contribution in [2.75, 3.05) is 30.9 Å². The number of nitrogens with zero attached hydrogens (tertiary/aromatic N) is 2. The second kappa shape index (κ2) is 5.49. The van der Waals surface area contributed by atoms with E-state index in [-0.39, 0.29) is 18.3 Å². The van der Waals surface area contributed by atoms with Crippen LogP contribution in [0.15, 0.2) is 18.2 Å². The molecule has 0 spiro atoms. The minimum Gasteiger partial charge on any atom is -0.394 e. The van der Waals surface area contributed by atoms with Gasteiger partial charge in [-0.1, -0.05) is 0 Å². The van der Waals surface area contributed by atoms with Gasteiger partial charge in [-0.2, -0.15) is 0 Å². The fraction of sp³-hybridized carbons (Fsp3) is 0.455. The van der Waals surface area contributed by atoms with Crippen LogP contribution in [0.3, 0.4) is 0 Å². The molecule has 0 radical (unpaired) electrons. The molecule has 0 saturated heterocycles. The van der Waals surface area contributed by atoms with Crippen LogP contribution in [0.5, 0.6) is 0 Å². The van der Waals surface area contributed by atoms with Gasteiger partial charge < -0.3 is 15.3 Å². The van der Waals surface area contributed by atoms with Gasteiger partial charge in [-0.25, -0.2) is 0 Å². The van der Waals surface area contributed by atoms with Gasteiger partial charge in [-0.05, 0) is 13.0 Å². The second-order valence-corrected chi connectivity index (χ2v) is 3.89. The summed E-state index contributed by atoms with van der Waals surface area (Å²) in [4.78, 5) is 12.2. The highest BCUT2D eigenvalue weighted by molar-refractivity contribution is 5.64. The molecule has 1 unspecified atom stereocenters. The minimum absolute atomic E-state index is 0.00587. The number of nitro benzene ring substituents is 1. The van der Waals surface area contributed by atoms with Gasteiger partial charge in [0.2, 0.25) is 0 Å². The van der Waals surface area contributed by atoms with Gasteiger partial charge >= 0.3 is 0 Å². The molecule has 0 fully saturated rings. The van der Waals surface area contributed by atoms with Gasteiger partial charge in [0.15, 0.2) is 0 Å². The number of rotatable bonds is 5. The van der Waals surface area contributed by atoms with Crippen molar-refractivity contribution in [1.29, 1.82) is 0 Å². The standard InChI is InChI=1S/C11H17N3O3/c1-8(7-15)13(3)10-4-9(12-2)5-11(6-10)14(16)17/h4-6,8,12,15H,7H2,1-3H3. The molecule has 0 saturated carbocycles. The van der Waals surface area contributed by atoms with E-state index in [9.17, 15) is 10.1 Å². The lowest BCUT2D eigenvalue weighted by atomic mass is 10.2. The van der Waals surface area contributed by atoms with E-state index in [1.807, 2.05) is 6.92 Å². The first-order chi connectivity index (χ1) is 7.99. The quantitative estimate of drug-likeness (QED) is 0.600. The van der Waals surface area contributed by atoms with Gasteiger partial charge in [0, 0.05) is 43.6 Å². The van der Waals surface area contributed by atoms with Crippen molar-refractivity contribution in [1.82, 2.24) is 0 Å². The van der Waals surface area contributed by atoms with E-state index < -0.39 is 4.92 Å². The molecule has 1 atom stereocenters. The Morgan fingerprint density at radius 2 is 2.18 bits per heavy atom. The summed E-state index contributed by atoms with van der Waals surface area (Å²) in [6.45, 7) is 1.84. The Hall–Kier alpha value is -1.82. The molecule has 0 aliphatic rings. The third-order valence-electron chi connectivity index (χ3n) is 2.73. The van der Waals surface area contributed by atoms with Crippen molar-refractivity contribution < 1.29 is 10.0 Å². The van der Waals surface area contributed by atoms with E-state index >= 15 is 0 Å². The largest absolute Gasteiger partial charge is 0.394 e. The van der Waals surface area contributed by atoms with Gasteiger partial charge in [-0.3, -0.25) is 10.1 Å². The van der Waals surface area contributed by atoms with E-state index in [4.69, 9.17) is 5.11 Å². The highest BCUT2D eigenvalue weighted by Gasteiger charge is 2.14. The van der Waals surface area contributed by atoms with Crippen LogP contribution in [0.1, 0.15) is 6.92 Å². The Morgan fingerprint density at radius 1 is 1.53 bits per heavy atom. The minimum atomic E-state index is -0.429. The monoisotopic (exact) mass is 239 g/mol. The van der Waals surface area contributed by atoms with E-state index in [1.165, 1.54) is 12.1 Å². The molecule has 0 bridgehead atoms. The predicted molar refractivity (Wildman–Crippen MR) is 67.6 cm³/mol. The van der Waals surface area contributed by atoms with Gasteiger partial charge in [0.1, 0.15) is 0 Å². The van der Waals surface area contributed by atoms with Crippen molar-refractivity contribution in [2.24, 2.45) is 0 Å². The van der Waals surface area contributed by atoms with Crippen LogP contribution in [0.25, 0.3) is 0 Å². The maximum Gasteiger partial charge on any atom is 0.273 e. The molecule has 0 aromatic heterocycles. The van der Waals surface area contributed by atoms with Crippen molar-refractivity contribution in [3.05, 3.63) is 28.3 Å². The number of nitro groups is 1. The fourth-order valence-electron chi connectivity index (χ4n) is 1.43. The van der Waals surface area contributed by atoms with E-state index in [2.05, 4.69) is 5.32 Å². The number of aliphatic hydroxyl groups is 1. The molecule has 1 rings (SSSR count). The van der Waals surface area contributed by atoms with E-state index in [0.717, 1.165) is 0 Å². The van der Waals surface area contributed by atoms with Crippen molar-refractivity contribution >= 4 is 17.1 Å². The fourth-order valence-corrected chi connectivity index (χ4v) is 1.43. The summed E-state index contributed by atoms with van der Waals surface area (Å²) >= 11 is 0. The summed E-state index contributed by atoms with van der Waals surface area (Å²) in [5.41, 5.74) is 1.40. The third kappa shape index (κ3) is 3.07. The lowest BCUT2D eigenvalue weighted by Gasteiger charge is -2.25. The maximum absolute atomic E-state index is 10.8. The van der Waals surface area contributed by atoms with Crippen LogP contribution in [0.2, 0.25) is 0 Å². The molecule has 1 aromatic carbocycles. The summed E-state index contributed by atoms with van der Waals surface area (Å²) in [5, 5.41) is 22.8. The number of hydrogen-bond donors (Lipinski definition) is 2. The molecule has 0 aliphatic heterocycles. The third-order valence-corrected chi connectivity index (χ3v) is 2.73. The van der Waals surface area contributed by atoms with Crippen LogP contribution in [-0.4, -0.2) is 36.8 Å². The highest BCUT2D eigenvalue weighted by atomic mass is 16.6. The van der Waals surface area contributed by atoms with Crippen molar-refractivity contribution in [3.63, 3.8) is 0 Å². The van der Waals surface area contributed by atoms with Crippen LogP contribution >= 0.6 is 0 Å². The Balaban J connectivity index is 3.14. The lowest BCUT2D eigenvalue weighted by molar-refractivity contribution is -0.384. The summed E-state index contributed by atoms with van der Waals surface area (Å²) < 4.78 is 0. The highest BCUT2D eigenvalue weighted by Crippen LogP contribution is 2.27. The van der Waals surface area contributed by atoms with Crippen LogP contribution in [-0.2, 0) is 0 Å². The molecule has 0 heterocycles. The zero-order chi connectivity index (χ0) is 13.0. The van der Waals surface area contributed by atoms with E-state index in [1.54, 1.807) is 25.1 Å². The molecule has 6 nitrogen and oxygen atoms in total. The van der Waals surface area contributed by atoms with Gasteiger partial charge in [0.05, 0.1) is 11.5 Å². The van der Waals surface area contributed by atoms with Crippen molar-refractivity contribution in [2.45, 2.75) is 13.0 Å². The number of likely N-dealkylation sites (N-methyl/N-ethyl adjacent to an activating group) is 1. The van der Waals surface area contributed by atoms with Crippen LogP contribution in [0, 0.1) is 10.1 Å². The summed E-state index contributed by atoms with van der Waals surface area (Å²) in [5.74, 6) is 0. The maximum atomic E-state index is 10.8. The first-order valence-electron chi connectivity index (χ1n) is 5.30. The van der Waals surface area contributed by atoms with E-state index in [0.29, 0.717) is 11.4 Å². The predicted octanol–water partition coefficient (Wildman–Crippen LogP) is 1.45. The first kappa shape index (κ1) is 13.2. The average Bonchev–Trinajstić information content (AvgIpc) is 2.36. The Labute approximate surface area is 100 Å². The second-order valence-electron chi connectivity index (χ2n) is 3.89. The molecular weight excluding hydrogens is 222 g/mol. The lowest BCUT2D eigenvalue weighted by Crippen LogP contribution is -2.31. The smallest absolute Gasteiger partial charge is 0.273 e. The Kier molecular flexibility index (Phi) is 4.28. The molecule has 17 heavy (non-hydrogen) atoms. The Morgan fingerprint density at radius 3 is 2.65 bits per heavy atom. The zero-order valence-electron chi connectivity index (χ0n) is 10.2.